The Bertz CT molecular complexity index is 913. The predicted molar refractivity (Wildman–Crippen MR) is 82.8 cm³/mol. The van der Waals surface area contributed by atoms with Crippen molar-refractivity contribution in [2.75, 3.05) is 0 Å². The van der Waals surface area contributed by atoms with Gasteiger partial charge < -0.3 is 14.4 Å². The van der Waals surface area contributed by atoms with Crippen molar-refractivity contribution < 1.29 is 14.6 Å². The van der Waals surface area contributed by atoms with E-state index in [1.807, 2.05) is 30.3 Å². The fraction of sp³-hybridized carbons (Fsp3) is 0.0588. The second-order valence-corrected chi connectivity index (χ2v) is 4.84. The minimum absolute atomic E-state index is 0.244. The summed E-state index contributed by atoms with van der Waals surface area (Å²) < 4.78 is 7.03. The van der Waals surface area contributed by atoms with Crippen molar-refractivity contribution >= 4 is 17.2 Å². The monoisotopic (exact) mass is 295 g/mol. The Balaban J connectivity index is 2.16. The van der Waals surface area contributed by atoms with Crippen molar-refractivity contribution in [3.05, 3.63) is 64.4 Å². The molecule has 0 radical (unpaired) electrons. The third kappa shape index (κ3) is 2.22. The number of pyridine rings is 1. The lowest BCUT2D eigenvalue weighted by Crippen LogP contribution is -2.21. The van der Waals surface area contributed by atoms with Gasteiger partial charge in [-0.05, 0) is 24.3 Å². The minimum Gasteiger partial charge on any atom is -0.506 e. The standard InChI is InChI=1S/C17H13NO4/c1-18-15-9-12(22-11-5-3-2-4-6-11)7-8-13(15)16(20)14(10-19)17(18)21/h2-10,20H,1H3. The first-order valence-electron chi connectivity index (χ1n) is 6.65. The Morgan fingerprint density at radius 2 is 1.82 bits per heavy atom. The molecule has 0 aliphatic rings. The van der Waals surface area contributed by atoms with Crippen molar-refractivity contribution in [2.45, 2.75) is 0 Å². The van der Waals surface area contributed by atoms with E-state index in [2.05, 4.69) is 0 Å². The number of hydrogen-bond acceptors (Lipinski definition) is 4. The van der Waals surface area contributed by atoms with Gasteiger partial charge in [0, 0.05) is 18.5 Å². The number of para-hydroxylation sites is 1. The van der Waals surface area contributed by atoms with Gasteiger partial charge >= 0.3 is 0 Å². The van der Waals surface area contributed by atoms with Crippen molar-refractivity contribution in [2.24, 2.45) is 7.05 Å². The Morgan fingerprint density at radius 1 is 1.09 bits per heavy atom. The molecule has 0 fully saturated rings. The Hall–Kier alpha value is -3.08. The molecule has 0 atom stereocenters. The van der Waals surface area contributed by atoms with Crippen LogP contribution in [0.1, 0.15) is 10.4 Å². The van der Waals surface area contributed by atoms with E-state index < -0.39 is 5.56 Å². The summed E-state index contributed by atoms with van der Waals surface area (Å²) in [4.78, 5) is 23.0. The fourth-order valence-electron chi connectivity index (χ4n) is 2.32. The van der Waals surface area contributed by atoms with E-state index in [0.29, 0.717) is 28.7 Å². The summed E-state index contributed by atoms with van der Waals surface area (Å²) in [5, 5.41) is 10.5. The van der Waals surface area contributed by atoms with Gasteiger partial charge in [-0.1, -0.05) is 18.2 Å². The van der Waals surface area contributed by atoms with E-state index in [9.17, 15) is 14.7 Å². The molecule has 3 rings (SSSR count). The summed E-state index contributed by atoms with van der Waals surface area (Å²) >= 11 is 0. The average molecular weight is 295 g/mol. The number of nitrogens with zero attached hydrogens (tertiary/aromatic N) is 1. The Morgan fingerprint density at radius 3 is 2.50 bits per heavy atom. The first-order valence-corrected chi connectivity index (χ1v) is 6.65. The molecular weight excluding hydrogens is 282 g/mol. The van der Waals surface area contributed by atoms with Crippen LogP contribution in [-0.2, 0) is 7.05 Å². The molecule has 0 saturated carbocycles. The van der Waals surface area contributed by atoms with E-state index >= 15 is 0 Å². The number of fused-ring (bicyclic) bond motifs is 1. The molecule has 0 aliphatic carbocycles. The topological polar surface area (TPSA) is 68.5 Å². The average Bonchev–Trinajstić information content (AvgIpc) is 2.54. The van der Waals surface area contributed by atoms with Gasteiger partial charge in [0.15, 0.2) is 6.29 Å². The molecule has 1 heterocycles. The van der Waals surface area contributed by atoms with Crippen LogP contribution in [0.4, 0.5) is 0 Å². The summed E-state index contributed by atoms with van der Waals surface area (Å²) in [6, 6.07) is 14.2. The Labute approximate surface area is 126 Å². The number of carbonyl (C=O) groups excluding carboxylic acids is 1. The second kappa shape index (κ2) is 5.37. The highest BCUT2D eigenvalue weighted by Crippen LogP contribution is 2.30. The number of ether oxygens (including phenoxy) is 1. The van der Waals surface area contributed by atoms with E-state index in [4.69, 9.17) is 4.74 Å². The van der Waals surface area contributed by atoms with Crippen LogP contribution < -0.4 is 10.3 Å². The van der Waals surface area contributed by atoms with Gasteiger partial charge in [0.25, 0.3) is 5.56 Å². The molecular formula is C17H13NO4. The number of aldehydes is 1. The highest BCUT2D eigenvalue weighted by molar-refractivity contribution is 5.94. The second-order valence-electron chi connectivity index (χ2n) is 4.84. The lowest BCUT2D eigenvalue weighted by atomic mass is 10.1. The van der Waals surface area contributed by atoms with Crippen LogP contribution >= 0.6 is 0 Å². The van der Waals surface area contributed by atoms with Gasteiger partial charge in [-0.15, -0.1) is 0 Å². The first-order chi connectivity index (χ1) is 10.6. The lowest BCUT2D eigenvalue weighted by molar-refractivity contribution is 0.111. The van der Waals surface area contributed by atoms with E-state index in [-0.39, 0.29) is 11.3 Å². The zero-order valence-electron chi connectivity index (χ0n) is 11.8. The number of aromatic nitrogens is 1. The molecule has 0 spiro atoms. The van der Waals surface area contributed by atoms with E-state index in [1.165, 1.54) is 4.57 Å². The molecule has 1 N–H and O–H groups in total. The van der Waals surface area contributed by atoms with Crippen LogP contribution in [0.25, 0.3) is 10.9 Å². The molecule has 2 aromatic carbocycles. The van der Waals surface area contributed by atoms with Gasteiger partial charge in [-0.2, -0.15) is 0 Å². The summed E-state index contributed by atoms with van der Waals surface area (Å²) in [7, 11) is 1.55. The number of carbonyl (C=O) groups is 1. The normalized spacial score (nSPS) is 10.6. The first kappa shape index (κ1) is 13.9. The maximum Gasteiger partial charge on any atom is 0.265 e. The van der Waals surface area contributed by atoms with Gasteiger partial charge in [0.1, 0.15) is 22.8 Å². The molecule has 0 amide bonds. The molecule has 22 heavy (non-hydrogen) atoms. The largest absolute Gasteiger partial charge is 0.506 e. The number of rotatable bonds is 3. The van der Waals surface area contributed by atoms with Crippen LogP contribution in [0.3, 0.4) is 0 Å². The van der Waals surface area contributed by atoms with E-state index in [1.54, 1.807) is 25.2 Å². The van der Waals surface area contributed by atoms with Crippen LogP contribution in [0.5, 0.6) is 17.2 Å². The minimum atomic E-state index is -0.545. The molecule has 0 bridgehead atoms. The van der Waals surface area contributed by atoms with Gasteiger partial charge in [-0.25, -0.2) is 0 Å². The number of hydrogen-bond donors (Lipinski definition) is 1. The van der Waals surface area contributed by atoms with Crippen LogP contribution in [-0.4, -0.2) is 16.0 Å². The third-order valence-corrected chi connectivity index (χ3v) is 3.47. The smallest absolute Gasteiger partial charge is 0.265 e. The zero-order chi connectivity index (χ0) is 15.7. The highest BCUT2D eigenvalue weighted by atomic mass is 16.5. The van der Waals surface area contributed by atoms with Crippen LogP contribution in [0, 0.1) is 0 Å². The molecule has 0 saturated heterocycles. The number of benzene rings is 2. The summed E-state index contributed by atoms with van der Waals surface area (Å²) in [6.45, 7) is 0. The molecule has 5 nitrogen and oxygen atoms in total. The molecule has 0 aliphatic heterocycles. The fourth-order valence-corrected chi connectivity index (χ4v) is 2.32. The molecule has 1 aromatic heterocycles. The Kier molecular flexibility index (Phi) is 3.39. The van der Waals surface area contributed by atoms with Crippen molar-refractivity contribution in [3.8, 4) is 17.2 Å². The maximum absolute atomic E-state index is 12.0. The van der Waals surface area contributed by atoms with Crippen molar-refractivity contribution in [3.63, 3.8) is 0 Å². The summed E-state index contributed by atoms with van der Waals surface area (Å²) in [5.41, 5.74) is -0.301. The summed E-state index contributed by atoms with van der Waals surface area (Å²) in [6.07, 6.45) is 0.367. The zero-order valence-corrected chi connectivity index (χ0v) is 11.8. The van der Waals surface area contributed by atoms with Crippen molar-refractivity contribution in [1.29, 1.82) is 0 Å². The molecule has 110 valence electrons. The summed E-state index contributed by atoms with van der Waals surface area (Å²) in [5.74, 6) is 0.895. The quantitative estimate of drug-likeness (QED) is 0.754. The van der Waals surface area contributed by atoms with Gasteiger partial charge in [0.2, 0.25) is 0 Å². The van der Waals surface area contributed by atoms with Crippen LogP contribution in [0.15, 0.2) is 53.3 Å². The SMILES string of the molecule is Cn1c(=O)c(C=O)c(O)c2ccc(Oc3ccccc3)cc21. The number of aryl methyl sites for hydroxylation is 1. The van der Waals surface area contributed by atoms with E-state index in [0.717, 1.165) is 0 Å². The number of aromatic hydroxyl groups is 1. The van der Waals surface area contributed by atoms with Crippen molar-refractivity contribution in [1.82, 2.24) is 4.57 Å². The van der Waals surface area contributed by atoms with Gasteiger partial charge in [-0.3, -0.25) is 9.59 Å². The molecule has 0 unspecified atom stereocenters. The molecule has 3 aromatic rings. The lowest BCUT2D eigenvalue weighted by Gasteiger charge is -2.11. The molecule has 5 heteroatoms. The highest BCUT2D eigenvalue weighted by Gasteiger charge is 2.14. The predicted octanol–water partition coefficient (Wildman–Crippen LogP) is 2.85. The van der Waals surface area contributed by atoms with Gasteiger partial charge in [0.05, 0.1) is 5.52 Å². The maximum atomic E-state index is 12.0. The third-order valence-electron chi connectivity index (χ3n) is 3.47. The van der Waals surface area contributed by atoms with Crippen LogP contribution in [0.2, 0.25) is 0 Å².